The summed E-state index contributed by atoms with van der Waals surface area (Å²) < 4.78 is 6.69. The molecule has 2 rings (SSSR count). The summed E-state index contributed by atoms with van der Waals surface area (Å²) in [5.41, 5.74) is 2.13. The fourth-order valence-corrected chi connectivity index (χ4v) is 1.99. The average Bonchev–Trinajstić information content (AvgIpc) is 2.82. The van der Waals surface area contributed by atoms with E-state index >= 15 is 0 Å². The summed E-state index contributed by atoms with van der Waals surface area (Å²) in [7, 11) is 1.93. The molecule has 5 heteroatoms. The van der Waals surface area contributed by atoms with Gasteiger partial charge in [-0.1, -0.05) is 22.0 Å². The van der Waals surface area contributed by atoms with Gasteiger partial charge in [0.25, 0.3) is 0 Å². The Labute approximate surface area is 115 Å². The quantitative estimate of drug-likeness (QED) is 0.863. The molecule has 0 saturated heterocycles. The van der Waals surface area contributed by atoms with Gasteiger partial charge in [0, 0.05) is 16.5 Å². The maximum absolute atomic E-state index is 5.64. The molecule has 0 atom stereocenters. The molecule has 0 amide bonds. The number of rotatable bonds is 5. The van der Waals surface area contributed by atoms with Crippen molar-refractivity contribution in [3.05, 3.63) is 34.1 Å². The zero-order valence-electron chi connectivity index (χ0n) is 10.5. The lowest BCUT2D eigenvalue weighted by molar-refractivity contribution is 0.495. The lowest BCUT2D eigenvalue weighted by Crippen LogP contribution is -2.08. The average molecular weight is 310 g/mol. The van der Waals surface area contributed by atoms with Crippen LogP contribution >= 0.6 is 15.9 Å². The smallest absolute Gasteiger partial charge is 0.247 e. The Morgan fingerprint density at radius 3 is 2.89 bits per heavy atom. The van der Waals surface area contributed by atoms with E-state index in [1.807, 2.05) is 32.2 Å². The molecular weight excluding hydrogens is 294 g/mol. The van der Waals surface area contributed by atoms with Gasteiger partial charge in [-0.05, 0) is 44.6 Å². The Kier molecular flexibility index (Phi) is 4.49. The van der Waals surface area contributed by atoms with Crippen LogP contribution < -0.4 is 5.32 Å². The first kappa shape index (κ1) is 13.2. The SMILES string of the molecule is CNCCCc1nnc(-c2ccc(C)c(Br)c2)o1. The third-order valence-corrected chi connectivity index (χ3v) is 3.56. The van der Waals surface area contributed by atoms with Crippen molar-refractivity contribution in [2.75, 3.05) is 13.6 Å². The molecule has 1 aromatic heterocycles. The van der Waals surface area contributed by atoms with Crippen molar-refractivity contribution < 1.29 is 4.42 Å². The largest absolute Gasteiger partial charge is 0.421 e. The molecule has 0 aliphatic carbocycles. The van der Waals surface area contributed by atoms with Crippen molar-refractivity contribution >= 4 is 15.9 Å². The molecule has 18 heavy (non-hydrogen) atoms. The Morgan fingerprint density at radius 1 is 1.33 bits per heavy atom. The number of aromatic nitrogens is 2. The molecule has 1 heterocycles. The van der Waals surface area contributed by atoms with Crippen LogP contribution in [0.3, 0.4) is 0 Å². The topological polar surface area (TPSA) is 51.0 Å². The highest BCUT2D eigenvalue weighted by atomic mass is 79.9. The van der Waals surface area contributed by atoms with Gasteiger partial charge in [-0.2, -0.15) is 0 Å². The predicted molar refractivity (Wildman–Crippen MR) is 74.4 cm³/mol. The molecule has 1 aromatic carbocycles. The summed E-state index contributed by atoms with van der Waals surface area (Å²) in [5.74, 6) is 1.27. The third-order valence-electron chi connectivity index (χ3n) is 2.70. The fraction of sp³-hybridized carbons (Fsp3) is 0.385. The molecule has 0 unspecified atom stereocenters. The Hall–Kier alpha value is -1.20. The van der Waals surface area contributed by atoms with Crippen molar-refractivity contribution in [3.8, 4) is 11.5 Å². The van der Waals surface area contributed by atoms with E-state index in [4.69, 9.17) is 4.42 Å². The van der Waals surface area contributed by atoms with E-state index in [2.05, 4.69) is 31.4 Å². The summed E-state index contributed by atoms with van der Waals surface area (Å²) in [6.45, 7) is 3.00. The predicted octanol–water partition coefficient (Wildman–Crippen LogP) is 2.96. The van der Waals surface area contributed by atoms with Crippen LogP contribution in [0.4, 0.5) is 0 Å². The standard InChI is InChI=1S/C13H16BrN3O/c1-9-5-6-10(8-11(9)14)13-17-16-12(18-13)4-3-7-15-2/h5-6,8,15H,3-4,7H2,1-2H3. The highest BCUT2D eigenvalue weighted by Crippen LogP contribution is 2.24. The van der Waals surface area contributed by atoms with Gasteiger partial charge in [0.2, 0.25) is 11.8 Å². The molecule has 2 aromatic rings. The van der Waals surface area contributed by atoms with Crippen LogP contribution in [0.2, 0.25) is 0 Å². The minimum absolute atomic E-state index is 0.579. The van der Waals surface area contributed by atoms with Gasteiger partial charge >= 0.3 is 0 Å². The summed E-state index contributed by atoms with van der Waals surface area (Å²) in [6, 6.07) is 6.02. The van der Waals surface area contributed by atoms with Crippen LogP contribution in [0.25, 0.3) is 11.5 Å². The van der Waals surface area contributed by atoms with E-state index in [0.29, 0.717) is 11.8 Å². The number of halogens is 1. The zero-order valence-corrected chi connectivity index (χ0v) is 12.1. The number of nitrogens with zero attached hydrogens (tertiary/aromatic N) is 2. The Bertz CT molecular complexity index is 525. The van der Waals surface area contributed by atoms with Gasteiger partial charge < -0.3 is 9.73 Å². The fourth-order valence-electron chi connectivity index (χ4n) is 1.61. The van der Waals surface area contributed by atoms with Gasteiger partial charge in [0.1, 0.15) is 0 Å². The van der Waals surface area contributed by atoms with Gasteiger partial charge in [-0.15, -0.1) is 10.2 Å². The first-order chi connectivity index (χ1) is 8.70. The van der Waals surface area contributed by atoms with Crippen molar-refractivity contribution in [1.29, 1.82) is 0 Å². The van der Waals surface area contributed by atoms with Crippen molar-refractivity contribution in [3.63, 3.8) is 0 Å². The number of aryl methyl sites for hydroxylation is 2. The van der Waals surface area contributed by atoms with E-state index in [0.717, 1.165) is 29.4 Å². The van der Waals surface area contributed by atoms with Crippen LogP contribution in [0.15, 0.2) is 27.1 Å². The molecule has 0 fully saturated rings. The summed E-state index contributed by atoms with van der Waals surface area (Å²) in [6.07, 6.45) is 1.80. The van der Waals surface area contributed by atoms with Gasteiger partial charge in [-0.3, -0.25) is 0 Å². The number of hydrogen-bond donors (Lipinski definition) is 1. The lowest BCUT2D eigenvalue weighted by Gasteiger charge is -1.99. The first-order valence-electron chi connectivity index (χ1n) is 5.94. The maximum Gasteiger partial charge on any atom is 0.247 e. The van der Waals surface area contributed by atoms with Crippen molar-refractivity contribution in [1.82, 2.24) is 15.5 Å². The summed E-state index contributed by atoms with van der Waals surface area (Å²) in [4.78, 5) is 0. The zero-order chi connectivity index (χ0) is 13.0. The molecule has 0 radical (unpaired) electrons. The summed E-state index contributed by atoms with van der Waals surface area (Å²) in [5, 5.41) is 11.2. The third kappa shape index (κ3) is 3.17. The highest BCUT2D eigenvalue weighted by molar-refractivity contribution is 9.10. The van der Waals surface area contributed by atoms with E-state index < -0.39 is 0 Å². The molecule has 1 N–H and O–H groups in total. The maximum atomic E-state index is 5.64. The second-order valence-electron chi connectivity index (χ2n) is 4.17. The Morgan fingerprint density at radius 2 is 2.17 bits per heavy atom. The van der Waals surface area contributed by atoms with Crippen molar-refractivity contribution in [2.45, 2.75) is 19.8 Å². The number of benzene rings is 1. The second-order valence-corrected chi connectivity index (χ2v) is 5.03. The molecule has 96 valence electrons. The molecular formula is C13H16BrN3O. The van der Waals surface area contributed by atoms with Gasteiger partial charge in [0.15, 0.2) is 0 Å². The van der Waals surface area contributed by atoms with E-state index in [9.17, 15) is 0 Å². The van der Waals surface area contributed by atoms with Crippen molar-refractivity contribution in [2.24, 2.45) is 0 Å². The number of nitrogens with one attached hydrogen (secondary N) is 1. The van der Waals surface area contributed by atoms with E-state index in [1.165, 1.54) is 5.56 Å². The molecule has 0 saturated carbocycles. The molecule has 0 aliphatic heterocycles. The van der Waals surface area contributed by atoms with Crippen LogP contribution in [0.5, 0.6) is 0 Å². The van der Waals surface area contributed by atoms with Gasteiger partial charge in [-0.25, -0.2) is 0 Å². The number of hydrogen-bond acceptors (Lipinski definition) is 4. The molecule has 4 nitrogen and oxygen atoms in total. The second kappa shape index (κ2) is 6.11. The minimum atomic E-state index is 0.579. The van der Waals surface area contributed by atoms with E-state index in [-0.39, 0.29) is 0 Å². The van der Waals surface area contributed by atoms with E-state index in [1.54, 1.807) is 0 Å². The van der Waals surface area contributed by atoms with Crippen LogP contribution in [-0.2, 0) is 6.42 Å². The molecule has 0 bridgehead atoms. The van der Waals surface area contributed by atoms with Gasteiger partial charge in [0.05, 0.1) is 0 Å². The highest BCUT2D eigenvalue weighted by Gasteiger charge is 2.09. The van der Waals surface area contributed by atoms with Crippen LogP contribution in [0.1, 0.15) is 17.9 Å². The van der Waals surface area contributed by atoms with Crippen LogP contribution in [0, 0.1) is 6.92 Å². The minimum Gasteiger partial charge on any atom is -0.421 e. The monoisotopic (exact) mass is 309 g/mol. The van der Waals surface area contributed by atoms with Crippen LogP contribution in [-0.4, -0.2) is 23.8 Å². The summed E-state index contributed by atoms with van der Waals surface area (Å²) >= 11 is 3.50. The molecule has 0 spiro atoms. The lowest BCUT2D eigenvalue weighted by atomic mass is 10.1. The normalized spacial score (nSPS) is 10.8. The Balaban J connectivity index is 2.11. The first-order valence-corrected chi connectivity index (χ1v) is 6.73. The molecule has 0 aliphatic rings.